The summed E-state index contributed by atoms with van der Waals surface area (Å²) in [5.41, 5.74) is 0.864. The van der Waals surface area contributed by atoms with Gasteiger partial charge in [0.1, 0.15) is 5.75 Å². The highest BCUT2D eigenvalue weighted by molar-refractivity contribution is 6.30. The van der Waals surface area contributed by atoms with Crippen molar-refractivity contribution >= 4 is 23.4 Å². The SMILES string of the molecule is COc1ccc(Cl)cc1C[C@H]1CN(C)C(=O)CNC1=O. The molecule has 1 aromatic rings. The molecule has 0 aliphatic carbocycles. The number of likely N-dealkylation sites (N-methyl/N-ethyl adjacent to an activating group) is 1. The maximum absolute atomic E-state index is 12.0. The van der Waals surface area contributed by atoms with Crippen molar-refractivity contribution in [3.05, 3.63) is 28.8 Å². The zero-order valence-electron chi connectivity index (χ0n) is 11.5. The van der Waals surface area contributed by atoms with Crippen molar-refractivity contribution in [1.29, 1.82) is 0 Å². The number of halogens is 1. The molecule has 1 heterocycles. The summed E-state index contributed by atoms with van der Waals surface area (Å²) in [6, 6.07) is 5.31. The average Bonchev–Trinajstić information content (AvgIpc) is 2.53. The van der Waals surface area contributed by atoms with Gasteiger partial charge in [-0.25, -0.2) is 0 Å². The lowest BCUT2D eigenvalue weighted by Gasteiger charge is -2.19. The monoisotopic (exact) mass is 296 g/mol. The number of nitrogens with one attached hydrogen (secondary N) is 1. The van der Waals surface area contributed by atoms with Gasteiger partial charge >= 0.3 is 0 Å². The lowest BCUT2D eigenvalue weighted by atomic mass is 9.97. The number of hydrogen-bond acceptors (Lipinski definition) is 3. The van der Waals surface area contributed by atoms with Crippen LogP contribution in [0.15, 0.2) is 18.2 Å². The molecule has 1 fully saturated rings. The standard InChI is InChI=1S/C14H17ClN2O3/c1-17-8-10(14(19)16-7-13(17)18)5-9-6-11(15)3-4-12(9)20-2/h3-4,6,10H,5,7-8H2,1-2H3,(H,16,19)/t10-/m0/s1. The molecule has 20 heavy (non-hydrogen) atoms. The van der Waals surface area contributed by atoms with E-state index in [2.05, 4.69) is 5.32 Å². The largest absolute Gasteiger partial charge is 0.496 e. The third kappa shape index (κ3) is 3.22. The van der Waals surface area contributed by atoms with E-state index >= 15 is 0 Å². The zero-order chi connectivity index (χ0) is 14.7. The molecule has 0 saturated carbocycles. The van der Waals surface area contributed by atoms with E-state index in [9.17, 15) is 9.59 Å². The van der Waals surface area contributed by atoms with Crippen LogP contribution in [0.1, 0.15) is 5.56 Å². The number of methoxy groups -OCH3 is 1. The number of ether oxygens (including phenoxy) is 1. The van der Waals surface area contributed by atoms with Gasteiger partial charge < -0.3 is 15.0 Å². The van der Waals surface area contributed by atoms with Gasteiger partial charge in [0, 0.05) is 18.6 Å². The van der Waals surface area contributed by atoms with E-state index in [1.165, 1.54) is 0 Å². The lowest BCUT2D eigenvalue weighted by Crippen LogP contribution is -2.32. The first-order chi connectivity index (χ1) is 9.51. The summed E-state index contributed by atoms with van der Waals surface area (Å²) in [7, 11) is 3.28. The predicted octanol–water partition coefficient (Wildman–Crippen LogP) is 1.10. The Kier molecular flexibility index (Phi) is 4.49. The summed E-state index contributed by atoms with van der Waals surface area (Å²) < 4.78 is 5.29. The van der Waals surface area contributed by atoms with Crippen LogP contribution in [0.3, 0.4) is 0 Å². The Balaban J connectivity index is 2.21. The fraction of sp³-hybridized carbons (Fsp3) is 0.429. The van der Waals surface area contributed by atoms with Crippen LogP contribution in [-0.4, -0.2) is 44.0 Å². The van der Waals surface area contributed by atoms with Crippen LogP contribution in [0.5, 0.6) is 5.75 Å². The molecule has 0 spiro atoms. The summed E-state index contributed by atoms with van der Waals surface area (Å²) in [6.45, 7) is 0.443. The molecule has 2 amide bonds. The molecular weight excluding hydrogens is 280 g/mol. The second-order valence-electron chi connectivity index (χ2n) is 4.85. The Morgan fingerprint density at radius 2 is 2.20 bits per heavy atom. The minimum absolute atomic E-state index is 0.0541. The van der Waals surface area contributed by atoms with Gasteiger partial charge in [-0.15, -0.1) is 0 Å². The normalized spacial score (nSPS) is 19.6. The van der Waals surface area contributed by atoms with E-state index in [1.807, 2.05) is 0 Å². The highest BCUT2D eigenvalue weighted by Gasteiger charge is 2.27. The highest BCUT2D eigenvalue weighted by Crippen LogP contribution is 2.26. The molecule has 1 N–H and O–H groups in total. The van der Waals surface area contributed by atoms with Crippen LogP contribution < -0.4 is 10.1 Å². The second kappa shape index (κ2) is 6.13. The summed E-state index contributed by atoms with van der Waals surface area (Å²) in [5, 5.41) is 3.24. The van der Waals surface area contributed by atoms with Crippen LogP contribution in [-0.2, 0) is 16.0 Å². The van der Waals surface area contributed by atoms with Crippen molar-refractivity contribution in [2.24, 2.45) is 5.92 Å². The van der Waals surface area contributed by atoms with Crippen molar-refractivity contribution in [1.82, 2.24) is 10.2 Å². The Labute approximate surface area is 122 Å². The van der Waals surface area contributed by atoms with Gasteiger partial charge in [0.2, 0.25) is 11.8 Å². The van der Waals surface area contributed by atoms with Crippen molar-refractivity contribution in [3.8, 4) is 5.75 Å². The molecule has 1 aromatic carbocycles. The third-order valence-electron chi connectivity index (χ3n) is 3.41. The molecule has 108 valence electrons. The average molecular weight is 297 g/mol. The minimum atomic E-state index is -0.307. The maximum atomic E-state index is 12.0. The summed E-state index contributed by atoms with van der Waals surface area (Å²) in [5.74, 6) is 0.183. The topological polar surface area (TPSA) is 58.6 Å². The van der Waals surface area contributed by atoms with E-state index in [4.69, 9.17) is 16.3 Å². The Morgan fingerprint density at radius 3 is 2.90 bits per heavy atom. The van der Waals surface area contributed by atoms with E-state index in [1.54, 1.807) is 37.3 Å². The molecule has 1 aliphatic rings. The fourth-order valence-corrected chi connectivity index (χ4v) is 2.48. The van der Waals surface area contributed by atoms with Crippen molar-refractivity contribution in [2.75, 3.05) is 27.2 Å². The van der Waals surface area contributed by atoms with Crippen LogP contribution in [0, 0.1) is 5.92 Å². The molecular formula is C14H17ClN2O3. The first kappa shape index (κ1) is 14.7. The van der Waals surface area contributed by atoms with E-state index in [0.717, 1.165) is 5.56 Å². The van der Waals surface area contributed by atoms with Crippen LogP contribution in [0.4, 0.5) is 0 Å². The molecule has 1 atom stereocenters. The number of carbonyl (C=O) groups is 2. The van der Waals surface area contributed by atoms with Gasteiger partial charge in [-0.05, 0) is 30.2 Å². The number of rotatable bonds is 3. The van der Waals surface area contributed by atoms with Gasteiger partial charge in [-0.1, -0.05) is 11.6 Å². The van der Waals surface area contributed by atoms with Gasteiger partial charge in [0.25, 0.3) is 0 Å². The fourth-order valence-electron chi connectivity index (χ4n) is 2.29. The first-order valence-corrected chi connectivity index (χ1v) is 6.73. The lowest BCUT2D eigenvalue weighted by molar-refractivity contribution is -0.128. The summed E-state index contributed by atoms with van der Waals surface area (Å²) >= 11 is 5.99. The van der Waals surface area contributed by atoms with Crippen LogP contribution in [0.2, 0.25) is 5.02 Å². The van der Waals surface area contributed by atoms with Gasteiger partial charge in [0.05, 0.1) is 19.6 Å². The molecule has 0 radical (unpaired) electrons. The predicted molar refractivity (Wildman–Crippen MR) is 75.8 cm³/mol. The minimum Gasteiger partial charge on any atom is -0.496 e. The zero-order valence-corrected chi connectivity index (χ0v) is 12.2. The van der Waals surface area contributed by atoms with E-state index in [-0.39, 0.29) is 24.3 Å². The van der Waals surface area contributed by atoms with E-state index in [0.29, 0.717) is 23.7 Å². The quantitative estimate of drug-likeness (QED) is 0.908. The summed E-state index contributed by atoms with van der Waals surface area (Å²) in [4.78, 5) is 25.2. The Morgan fingerprint density at radius 1 is 1.45 bits per heavy atom. The highest BCUT2D eigenvalue weighted by atomic mass is 35.5. The second-order valence-corrected chi connectivity index (χ2v) is 5.29. The van der Waals surface area contributed by atoms with Gasteiger partial charge in [0.15, 0.2) is 0 Å². The molecule has 0 bridgehead atoms. The molecule has 1 saturated heterocycles. The summed E-state index contributed by atoms with van der Waals surface area (Å²) in [6.07, 6.45) is 0.479. The number of benzene rings is 1. The smallest absolute Gasteiger partial charge is 0.241 e. The van der Waals surface area contributed by atoms with Crippen molar-refractivity contribution in [3.63, 3.8) is 0 Å². The third-order valence-corrected chi connectivity index (χ3v) is 3.65. The maximum Gasteiger partial charge on any atom is 0.241 e. The molecule has 6 heteroatoms. The van der Waals surface area contributed by atoms with Gasteiger partial charge in [-0.3, -0.25) is 9.59 Å². The van der Waals surface area contributed by atoms with Crippen molar-refractivity contribution < 1.29 is 14.3 Å². The number of hydrogen-bond donors (Lipinski definition) is 1. The van der Waals surface area contributed by atoms with Crippen molar-refractivity contribution in [2.45, 2.75) is 6.42 Å². The molecule has 0 aromatic heterocycles. The molecule has 5 nitrogen and oxygen atoms in total. The van der Waals surface area contributed by atoms with Crippen LogP contribution >= 0.6 is 11.6 Å². The number of carbonyl (C=O) groups excluding carboxylic acids is 2. The molecule has 1 aliphatic heterocycles. The van der Waals surface area contributed by atoms with Crippen LogP contribution in [0.25, 0.3) is 0 Å². The number of nitrogens with zero attached hydrogens (tertiary/aromatic N) is 1. The Bertz CT molecular complexity index is 533. The number of amides is 2. The molecule has 2 rings (SSSR count). The Hall–Kier alpha value is -1.75. The van der Waals surface area contributed by atoms with Gasteiger partial charge in [-0.2, -0.15) is 0 Å². The van der Waals surface area contributed by atoms with E-state index < -0.39 is 0 Å². The first-order valence-electron chi connectivity index (χ1n) is 6.35. The molecule has 0 unspecified atom stereocenters.